The van der Waals surface area contributed by atoms with E-state index < -0.39 is 16.1 Å². The third-order valence-electron chi connectivity index (χ3n) is 2.21. The number of sulfonamides is 1. The summed E-state index contributed by atoms with van der Waals surface area (Å²) < 4.78 is 24.1. The second kappa shape index (κ2) is 5.79. The molecular weight excluding hydrogens is 242 g/mol. The molecule has 17 heavy (non-hydrogen) atoms. The van der Waals surface area contributed by atoms with E-state index in [0.717, 1.165) is 11.8 Å². The van der Waals surface area contributed by atoms with Crippen molar-refractivity contribution < 1.29 is 18.3 Å². The first-order valence-electron chi connectivity index (χ1n) is 5.11. The average Bonchev–Trinajstić information content (AvgIpc) is 2.25. The van der Waals surface area contributed by atoms with E-state index in [1.807, 2.05) is 0 Å². The Hall–Kier alpha value is -1.40. The zero-order valence-corrected chi connectivity index (χ0v) is 10.3. The topological polar surface area (TPSA) is 83.5 Å². The van der Waals surface area contributed by atoms with Crippen molar-refractivity contribution in [2.24, 2.45) is 0 Å². The Bertz CT molecular complexity index is 467. The summed E-state index contributed by atoms with van der Waals surface area (Å²) in [7, 11) is -3.37. The molecule has 0 spiro atoms. The number of hydrogen-bond donors (Lipinski definition) is 2. The third-order valence-corrected chi connectivity index (χ3v) is 2.94. The lowest BCUT2D eigenvalue weighted by Crippen LogP contribution is -2.35. The van der Waals surface area contributed by atoms with Crippen molar-refractivity contribution in [3.05, 3.63) is 29.8 Å². The van der Waals surface area contributed by atoms with E-state index in [4.69, 9.17) is 5.11 Å². The third kappa shape index (κ3) is 5.46. The molecule has 0 unspecified atom stereocenters. The van der Waals surface area contributed by atoms with E-state index in [2.05, 4.69) is 4.72 Å². The van der Waals surface area contributed by atoms with Crippen LogP contribution in [0.15, 0.2) is 24.3 Å². The van der Waals surface area contributed by atoms with Crippen molar-refractivity contribution in [3.63, 3.8) is 0 Å². The van der Waals surface area contributed by atoms with E-state index in [0.29, 0.717) is 19.1 Å². The van der Waals surface area contributed by atoms with E-state index in [1.54, 1.807) is 24.3 Å². The van der Waals surface area contributed by atoms with Crippen LogP contribution in [0, 0.1) is 0 Å². The Labute approximate surface area is 101 Å². The fourth-order valence-electron chi connectivity index (χ4n) is 1.41. The molecule has 1 atom stereocenters. The predicted octanol–water partition coefficient (Wildman–Crippen LogP) is 0.441. The average molecular weight is 257 g/mol. The van der Waals surface area contributed by atoms with Crippen molar-refractivity contribution in [2.75, 3.05) is 6.26 Å². The van der Waals surface area contributed by atoms with Crippen LogP contribution in [0.4, 0.5) is 0 Å². The molecule has 1 rings (SSSR count). The lowest BCUT2D eigenvalue weighted by Gasteiger charge is -2.10. The lowest BCUT2D eigenvalue weighted by molar-refractivity contribution is -0.109. The first-order chi connectivity index (χ1) is 7.90. The molecule has 0 saturated carbocycles. The standard InChI is InChI=1S/C11H15NO4S/c1-17(15,16)12-10(8-13)5-2-9-3-6-11(14)7-4-9/h3-4,6-8,10,12,14H,2,5H2,1H3/t10-/m0/s1. The number of carbonyl (C=O) groups excluding carboxylic acids is 1. The zero-order chi connectivity index (χ0) is 12.9. The number of benzene rings is 1. The second-order valence-electron chi connectivity index (χ2n) is 3.84. The van der Waals surface area contributed by atoms with Crippen LogP contribution in [0.3, 0.4) is 0 Å². The van der Waals surface area contributed by atoms with Gasteiger partial charge in [0.25, 0.3) is 0 Å². The Kier molecular flexibility index (Phi) is 4.65. The van der Waals surface area contributed by atoms with Gasteiger partial charge in [0.2, 0.25) is 10.0 Å². The smallest absolute Gasteiger partial charge is 0.209 e. The number of nitrogens with one attached hydrogen (secondary N) is 1. The molecule has 1 aromatic rings. The number of phenolic OH excluding ortho intramolecular Hbond substituents is 1. The molecule has 0 aliphatic carbocycles. The Morgan fingerprint density at radius 2 is 1.94 bits per heavy atom. The minimum absolute atomic E-state index is 0.176. The highest BCUT2D eigenvalue weighted by molar-refractivity contribution is 7.88. The molecule has 0 radical (unpaired) electrons. The molecule has 0 aliphatic heterocycles. The second-order valence-corrected chi connectivity index (χ2v) is 5.62. The highest BCUT2D eigenvalue weighted by Gasteiger charge is 2.12. The summed E-state index contributed by atoms with van der Waals surface area (Å²) in [6, 6.07) is 5.86. The number of hydrogen-bond acceptors (Lipinski definition) is 4. The summed E-state index contributed by atoms with van der Waals surface area (Å²) in [5.74, 6) is 0.176. The summed E-state index contributed by atoms with van der Waals surface area (Å²) in [4.78, 5) is 10.7. The minimum atomic E-state index is -3.37. The van der Waals surface area contributed by atoms with Crippen molar-refractivity contribution in [3.8, 4) is 5.75 Å². The Morgan fingerprint density at radius 3 is 2.41 bits per heavy atom. The molecule has 1 aromatic carbocycles. The number of aldehydes is 1. The van der Waals surface area contributed by atoms with Crippen LogP contribution < -0.4 is 4.72 Å². The maximum Gasteiger partial charge on any atom is 0.209 e. The van der Waals surface area contributed by atoms with Crippen LogP contribution in [-0.4, -0.2) is 32.1 Å². The molecule has 6 heteroatoms. The van der Waals surface area contributed by atoms with Gasteiger partial charge in [-0.05, 0) is 30.5 Å². The molecule has 94 valence electrons. The van der Waals surface area contributed by atoms with Crippen LogP contribution in [-0.2, 0) is 21.2 Å². The molecule has 0 aliphatic rings. The number of phenols is 1. The Morgan fingerprint density at radius 1 is 1.35 bits per heavy atom. The minimum Gasteiger partial charge on any atom is -0.508 e. The normalized spacial score (nSPS) is 13.2. The van der Waals surface area contributed by atoms with Crippen molar-refractivity contribution in [1.29, 1.82) is 0 Å². The molecule has 0 saturated heterocycles. The van der Waals surface area contributed by atoms with Gasteiger partial charge in [-0.15, -0.1) is 0 Å². The van der Waals surface area contributed by atoms with Crippen LogP contribution in [0.2, 0.25) is 0 Å². The molecular formula is C11H15NO4S. The first kappa shape index (κ1) is 13.7. The molecule has 0 aromatic heterocycles. The largest absolute Gasteiger partial charge is 0.508 e. The predicted molar refractivity (Wildman–Crippen MR) is 64.3 cm³/mol. The maximum absolute atomic E-state index is 11.0. The van der Waals surface area contributed by atoms with Crippen LogP contribution in [0.25, 0.3) is 0 Å². The molecule has 5 nitrogen and oxygen atoms in total. The van der Waals surface area contributed by atoms with Gasteiger partial charge in [0.15, 0.2) is 0 Å². The molecule has 0 bridgehead atoms. The highest BCUT2D eigenvalue weighted by Crippen LogP contribution is 2.11. The van der Waals surface area contributed by atoms with Gasteiger partial charge in [-0.25, -0.2) is 13.1 Å². The van der Waals surface area contributed by atoms with Gasteiger partial charge >= 0.3 is 0 Å². The van der Waals surface area contributed by atoms with E-state index >= 15 is 0 Å². The summed E-state index contributed by atoms with van der Waals surface area (Å²) in [6.45, 7) is 0. The lowest BCUT2D eigenvalue weighted by atomic mass is 10.1. The van der Waals surface area contributed by atoms with Crippen molar-refractivity contribution in [2.45, 2.75) is 18.9 Å². The van der Waals surface area contributed by atoms with E-state index in [9.17, 15) is 13.2 Å². The molecule has 2 N–H and O–H groups in total. The molecule has 0 amide bonds. The van der Waals surface area contributed by atoms with Crippen molar-refractivity contribution in [1.82, 2.24) is 4.72 Å². The highest BCUT2D eigenvalue weighted by atomic mass is 32.2. The van der Waals surface area contributed by atoms with Gasteiger partial charge in [0.1, 0.15) is 12.0 Å². The fourth-order valence-corrected chi connectivity index (χ4v) is 2.14. The summed E-state index contributed by atoms with van der Waals surface area (Å²) in [6.07, 6.45) is 2.55. The first-order valence-corrected chi connectivity index (χ1v) is 7.00. The summed E-state index contributed by atoms with van der Waals surface area (Å²) >= 11 is 0. The molecule has 0 fully saturated rings. The SMILES string of the molecule is CS(=O)(=O)N[C@H](C=O)CCc1ccc(O)cc1. The van der Waals surface area contributed by atoms with Gasteiger partial charge in [0, 0.05) is 0 Å². The van der Waals surface area contributed by atoms with E-state index in [1.165, 1.54) is 0 Å². The number of carbonyl (C=O) groups is 1. The van der Waals surface area contributed by atoms with Crippen molar-refractivity contribution >= 4 is 16.3 Å². The van der Waals surface area contributed by atoms with Crippen LogP contribution in [0.5, 0.6) is 5.75 Å². The van der Waals surface area contributed by atoms with Gasteiger partial charge in [-0.1, -0.05) is 12.1 Å². The summed E-state index contributed by atoms with van der Waals surface area (Å²) in [5.41, 5.74) is 0.935. The monoisotopic (exact) mass is 257 g/mol. The fraction of sp³-hybridized carbons (Fsp3) is 0.364. The quantitative estimate of drug-likeness (QED) is 0.724. The van der Waals surface area contributed by atoms with Gasteiger partial charge in [0.05, 0.1) is 12.3 Å². The Balaban J connectivity index is 2.53. The number of rotatable bonds is 6. The van der Waals surface area contributed by atoms with Gasteiger partial charge in [-0.3, -0.25) is 0 Å². The molecule has 0 heterocycles. The van der Waals surface area contributed by atoms with Crippen LogP contribution >= 0.6 is 0 Å². The number of aromatic hydroxyl groups is 1. The van der Waals surface area contributed by atoms with Gasteiger partial charge in [-0.2, -0.15) is 0 Å². The summed E-state index contributed by atoms with van der Waals surface area (Å²) in [5, 5.41) is 9.09. The van der Waals surface area contributed by atoms with Gasteiger partial charge < -0.3 is 9.90 Å². The zero-order valence-electron chi connectivity index (χ0n) is 9.46. The van der Waals surface area contributed by atoms with Crippen LogP contribution in [0.1, 0.15) is 12.0 Å². The number of aryl methyl sites for hydroxylation is 1. The van der Waals surface area contributed by atoms with E-state index in [-0.39, 0.29) is 5.75 Å². The maximum atomic E-state index is 11.0.